The van der Waals surface area contributed by atoms with Crippen LogP contribution < -0.4 is 0 Å². The van der Waals surface area contributed by atoms with Gasteiger partial charge >= 0.3 is 0 Å². The molecule has 0 saturated carbocycles. The summed E-state index contributed by atoms with van der Waals surface area (Å²) < 4.78 is 0. The highest BCUT2D eigenvalue weighted by atomic mass is 79.9. The number of carbonyl (C=O) groups excluding carboxylic acids is 1. The first-order valence-electron chi connectivity index (χ1n) is 7.60. The van der Waals surface area contributed by atoms with Gasteiger partial charge in [0.25, 0.3) is 0 Å². The first kappa shape index (κ1) is 17.9. The zero-order valence-corrected chi connectivity index (χ0v) is 13.8. The van der Waals surface area contributed by atoms with Crippen molar-refractivity contribution in [3.63, 3.8) is 0 Å². The van der Waals surface area contributed by atoms with E-state index in [2.05, 4.69) is 34.7 Å². The van der Waals surface area contributed by atoms with Crippen LogP contribution in [0.25, 0.3) is 0 Å². The summed E-state index contributed by atoms with van der Waals surface area (Å²) in [6, 6.07) is 0. The van der Waals surface area contributed by atoms with Crippen molar-refractivity contribution in [1.82, 2.24) is 4.90 Å². The monoisotopic (exact) mass is 319 g/mol. The Morgan fingerprint density at radius 3 is 1.89 bits per heavy atom. The lowest BCUT2D eigenvalue weighted by atomic mass is 10.2. The van der Waals surface area contributed by atoms with Gasteiger partial charge < -0.3 is 4.90 Å². The summed E-state index contributed by atoms with van der Waals surface area (Å²) in [5.74, 6) is 0.364. The van der Waals surface area contributed by atoms with E-state index in [0.717, 1.165) is 50.5 Å². The van der Waals surface area contributed by atoms with Gasteiger partial charge in [-0.05, 0) is 25.7 Å². The van der Waals surface area contributed by atoms with E-state index in [1.165, 1.54) is 25.7 Å². The summed E-state index contributed by atoms with van der Waals surface area (Å²) >= 11 is 3.41. The molecule has 0 rings (SSSR count). The zero-order valence-electron chi connectivity index (χ0n) is 12.2. The van der Waals surface area contributed by atoms with Crippen LogP contribution in [0.15, 0.2) is 0 Å². The molecule has 0 atom stereocenters. The Balaban J connectivity index is 3.95. The van der Waals surface area contributed by atoms with E-state index >= 15 is 0 Å². The maximum absolute atomic E-state index is 12.1. The summed E-state index contributed by atoms with van der Waals surface area (Å²) in [6.07, 6.45) is 10.1. The molecule has 18 heavy (non-hydrogen) atoms. The van der Waals surface area contributed by atoms with Crippen LogP contribution >= 0.6 is 15.9 Å². The second kappa shape index (κ2) is 13.4. The molecule has 0 aliphatic rings. The third-order valence-corrected chi connectivity index (χ3v) is 3.75. The Morgan fingerprint density at radius 2 is 1.44 bits per heavy atom. The number of alkyl halides is 1. The molecule has 0 bridgehead atoms. The summed E-state index contributed by atoms with van der Waals surface area (Å²) in [6.45, 7) is 6.34. The topological polar surface area (TPSA) is 20.3 Å². The number of hydrogen-bond donors (Lipinski definition) is 0. The zero-order chi connectivity index (χ0) is 13.6. The number of unbranched alkanes of at least 4 members (excludes halogenated alkanes) is 5. The highest BCUT2D eigenvalue weighted by Gasteiger charge is 2.11. The minimum Gasteiger partial charge on any atom is -0.343 e. The van der Waals surface area contributed by atoms with E-state index in [0.29, 0.717) is 5.91 Å². The molecule has 0 N–H and O–H groups in total. The van der Waals surface area contributed by atoms with E-state index in [1.54, 1.807) is 0 Å². The Bertz CT molecular complexity index is 187. The average Bonchev–Trinajstić information content (AvgIpc) is 2.37. The summed E-state index contributed by atoms with van der Waals surface area (Å²) in [5.41, 5.74) is 0. The second-order valence-electron chi connectivity index (χ2n) is 4.94. The molecule has 0 radical (unpaired) electrons. The van der Waals surface area contributed by atoms with Crippen LogP contribution in [-0.2, 0) is 4.79 Å². The highest BCUT2D eigenvalue weighted by Crippen LogP contribution is 2.07. The van der Waals surface area contributed by atoms with Gasteiger partial charge in [0.05, 0.1) is 0 Å². The molecule has 0 aliphatic heterocycles. The van der Waals surface area contributed by atoms with Gasteiger partial charge in [-0.2, -0.15) is 0 Å². The smallest absolute Gasteiger partial charge is 0.222 e. The summed E-state index contributed by atoms with van der Waals surface area (Å²) in [7, 11) is 0. The first-order valence-corrected chi connectivity index (χ1v) is 8.72. The number of carbonyl (C=O) groups is 1. The molecule has 0 aromatic rings. The molecule has 3 heteroatoms. The molecule has 0 spiro atoms. The third kappa shape index (κ3) is 9.93. The van der Waals surface area contributed by atoms with Crippen LogP contribution in [-0.4, -0.2) is 29.2 Å². The molecule has 1 amide bonds. The van der Waals surface area contributed by atoms with E-state index in [9.17, 15) is 4.79 Å². The minimum absolute atomic E-state index is 0.364. The lowest BCUT2D eigenvalue weighted by molar-refractivity contribution is -0.131. The van der Waals surface area contributed by atoms with Crippen molar-refractivity contribution in [3.8, 4) is 0 Å². The fourth-order valence-corrected chi connectivity index (χ4v) is 2.39. The minimum atomic E-state index is 0.364. The second-order valence-corrected chi connectivity index (χ2v) is 5.73. The first-order chi connectivity index (χ1) is 8.76. The fraction of sp³-hybridized carbons (Fsp3) is 0.933. The quantitative estimate of drug-likeness (QED) is 0.375. The van der Waals surface area contributed by atoms with Gasteiger partial charge in [0.2, 0.25) is 5.91 Å². The molecule has 0 fully saturated rings. The van der Waals surface area contributed by atoms with Gasteiger partial charge in [0.15, 0.2) is 0 Å². The van der Waals surface area contributed by atoms with E-state index in [1.807, 2.05) is 0 Å². The van der Waals surface area contributed by atoms with E-state index in [-0.39, 0.29) is 0 Å². The predicted molar refractivity (Wildman–Crippen MR) is 83.3 cm³/mol. The van der Waals surface area contributed by atoms with Gasteiger partial charge in [0, 0.05) is 24.8 Å². The molecule has 0 aromatic carbocycles. The van der Waals surface area contributed by atoms with Crippen molar-refractivity contribution in [2.75, 3.05) is 18.4 Å². The predicted octanol–water partition coefficient (Wildman–Crippen LogP) is 4.76. The molecular formula is C15H30BrNO. The molecule has 108 valence electrons. The standard InChI is InChI=1S/C15H30BrNO/c1-3-5-9-13-17(14-10-6-4-2)15(18)11-7-8-12-16/h3-14H2,1-2H3. The molecule has 0 unspecified atom stereocenters. The Labute approximate surface area is 122 Å². The van der Waals surface area contributed by atoms with Crippen LogP contribution in [0.3, 0.4) is 0 Å². The Kier molecular flexibility index (Phi) is 13.3. The van der Waals surface area contributed by atoms with Gasteiger partial charge in [-0.25, -0.2) is 0 Å². The Morgan fingerprint density at radius 1 is 0.889 bits per heavy atom. The number of amides is 1. The molecular weight excluding hydrogens is 290 g/mol. The number of rotatable bonds is 12. The molecule has 0 saturated heterocycles. The fourth-order valence-electron chi connectivity index (χ4n) is 2.00. The molecule has 0 aromatic heterocycles. The molecule has 0 aliphatic carbocycles. The van der Waals surface area contributed by atoms with Crippen LogP contribution in [0.1, 0.15) is 71.6 Å². The molecule has 0 heterocycles. The third-order valence-electron chi connectivity index (χ3n) is 3.19. The average molecular weight is 320 g/mol. The van der Waals surface area contributed by atoms with Gasteiger partial charge in [-0.3, -0.25) is 4.79 Å². The van der Waals surface area contributed by atoms with Crippen molar-refractivity contribution < 1.29 is 4.79 Å². The number of hydrogen-bond acceptors (Lipinski definition) is 1. The maximum Gasteiger partial charge on any atom is 0.222 e. The van der Waals surface area contributed by atoms with Gasteiger partial charge in [0.1, 0.15) is 0 Å². The van der Waals surface area contributed by atoms with E-state index < -0.39 is 0 Å². The van der Waals surface area contributed by atoms with E-state index in [4.69, 9.17) is 0 Å². The Hall–Kier alpha value is -0.0500. The van der Waals surface area contributed by atoms with Crippen LogP contribution in [0.5, 0.6) is 0 Å². The van der Waals surface area contributed by atoms with Crippen LogP contribution in [0.4, 0.5) is 0 Å². The van der Waals surface area contributed by atoms with Crippen molar-refractivity contribution >= 4 is 21.8 Å². The van der Waals surface area contributed by atoms with Crippen molar-refractivity contribution in [3.05, 3.63) is 0 Å². The molecule has 2 nitrogen and oxygen atoms in total. The van der Waals surface area contributed by atoms with Crippen molar-refractivity contribution in [1.29, 1.82) is 0 Å². The highest BCUT2D eigenvalue weighted by molar-refractivity contribution is 9.09. The number of halogens is 1. The maximum atomic E-state index is 12.1. The summed E-state index contributed by atoms with van der Waals surface area (Å²) in [4.78, 5) is 14.2. The SMILES string of the molecule is CCCCCN(CCCCC)C(=O)CCCCBr. The van der Waals surface area contributed by atoms with Gasteiger partial charge in [-0.15, -0.1) is 0 Å². The lowest BCUT2D eigenvalue weighted by Crippen LogP contribution is -2.32. The van der Waals surface area contributed by atoms with Crippen LogP contribution in [0, 0.1) is 0 Å². The lowest BCUT2D eigenvalue weighted by Gasteiger charge is -2.22. The van der Waals surface area contributed by atoms with Gasteiger partial charge in [-0.1, -0.05) is 55.5 Å². The van der Waals surface area contributed by atoms with Crippen LogP contribution in [0.2, 0.25) is 0 Å². The normalized spacial score (nSPS) is 10.6. The van der Waals surface area contributed by atoms with Crippen molar-refractivity contribution in [2.24, 2.45) is 0 Å². The summed E-state index contributed by atoms with van der Waals surface area (Å²) in [5, 5.41) is 1.01. The van der Waals surface area contributed by atoms with Crippen molar-refractivity contribution in [2.45, 2.75) is 71.6 Å². The largest absolute Gasteiger partial charge is 0.343 e. The number of nitrogens with zero attached hydrogens (tertiary/aromatic N) is 1.